The molecule has 0 aliphatic rings. The van der Waals surface area contributed by atoms with Crippen molar-refractivity contribution in [3.63, 3.8) is 0 Å². The first-order chi connectivity index (χ1) is 9.38. The van der Waals surface area contributed by atoms with E-state index in [1.54, 1.807) is 36.4 Å². The van der Waals surface area contributed by atoms with Gasteiger partial charge in [-0.2, -0.15) is 0 Å². The van der Waals surface area contributed by atoms with Gasteiger partial charge in [-0.1, -0.05) is 6.07 Å². The average Bonchev–Trinajstić information content (AvgIpc) is 2.91. The van der Waals surface area contributed by atoms with Crippen molar-refractivity contribution in [3.05, 3.63) is 48.4 Å². The van der Waals surface area contributed by atoms with Gasteiger partial charge in [-0.15, -0.1) is 0 Å². The molecule has 0 aliphatic carbocycles. The van der Waals surface area contributed by atoms with E-state index in [1.165, 1.54) is 13.3 Å². The van der Waals surface area contributed by atoms with Crippen LogP contribution >= 0.6 is 0 Å². The summed E-state index contributed by atoms with van der Waals surface area (Å²) in [7, 11) is -1.89. The molecule has 1 aromatic heterocycles. The molecule has 0 unspecified atom stereocenters. The van der Waals surface area contributed by atoms with E-state index in [-0.39, 0.29) is 5.76 Å². The molecule has 7 heteroatoms. The number of hydrogen-bond donors (Lipinski definition) is 1. The number of anilines is 2. The molecule has 2 aromatic rings. The van der Waals surface area contributed by atoms with Gasteiger partial charge in [0.05, 0.1) is 18.2 Å². The molecule has 1 aromatic carbocycles. The predicted octanol–water partition coefficient (Wildman–Crippen LogP) is 1.93. The highest BCUT2D eigenvalue weighted by atomic mass is 32.2. The minimum absolute atomic E-state index is 0.187. The van der Waals surface area contributed by atoms with Gasteiger partial charge in [0.15, 0.2) is 5.76 Å². The molecule has 0 bridgehead atoms. The highest BCUT2D eigenvalue weighted by Gasteiger charge is 2.13. The summed E-state index contributed by atoms with van der Waals surface area (Å²) in [6.45, 7) is 0. The lowest BCUT2D eigenvalue weighted by Crippen LogP contribution is -2.24. The van der Waals surface area contributed by atoms with Crippen molar-refractivity contribution in [1.82, 2.24) is 0 Å². The van der Waals surface area contributed by atoms with Crippen LogP contribution in [-0.2, 0) is 10.0 Å². The first kappa shape index (κ1) is 14.1. The number of nitrogens with one attached hydrogen (secondary N) is 1. The van der Waals surface area contributed by atoms with Crippen molar-refractivity contribution in [2.24, 2.45) is 0 Å². The summed E-state index contributed by atoms with van der Waals surface area (Å²) in [6.07, 6.45) is 2.52. The van der Waals surface area contributed by atoms with E-state index in [4.69, 9.17) is 4.42 Å². The quantitative estimate of drug-likeness (QED) is 0.934. The van der Waals surface area contributed by atoms with Crippen LogP contribution < -0.4 is 9.62 Å². The molecule has 0 saturated heterocycles. The molecule has 0 saturated carbocycles. The van der Waals surface area contributed by atoms with E-state index >= 15 is 0 Å². The minimum Gasteiger partial charge on any atom is -0.459 e. The van der Waals surface area contributed by atoms with Gasteiger partial charge in [0.25, 0.3) is 5.91 Å². The van der Waals surface area contributed by atoms with Crippen LogP contribution in [0.3, 0.4) is 0 Å². The lowest BCUT2D eigenvalue weighted by Gasteiger charge is -2.17. The van der Waals surface area contributed by atoms with Crippen molar-refractivity contribution in [3.8, 4) is 0 Å². The summed E-state index contributed by atoms with van der Waals surface area (Å²) in [5.74, 6) is -0.207. The monoisotopic (exact) mass is 294 g/mol. The molecule has 1 N–H and O–H groups in total. The molecule has 0 atom stereocenters. The second-order valence-corrected chi connectivity index (χ2v) is 6.23. The molecule has 0 radical (unpaired) electrons. The van der Waals surface area contributed by atoms with Crippen LogP contribution in [0, 0.1) is 0 Å². The van der Waals surface area contributed by atoms with Crippen molar-refractivity contribution in [1.29, 1.82) is 0 Å². The topological polar surface area (TPSA) is 79.6 Å². The Bertz CT molecular complexity index is 708. The summed E-state index contributed by atoms with van der Waals surface area (Å²) >= 11 is 0. The smallest absolute Gasteiger partial charge is 0.291 e. The van der Waals surface area contributed by atoms with Crippen LogP contribution in [0.4, 0.5) is 11.4 Å². The van der Waals surface area contributed by atoms with Crippen LogP contribution in [0.1, 0.15) is 10.6 Å². The van der Waals surface area contributed by atoms with Crippen molar-refractivity contribution >= 4 is 27.3 Å². The predicted molar refractivity (Wildman–Crippen MR) is 76.4 cm³/mol. The fourth-order valence-corrected chi connectivity index (χ4v) is 2.07. The maximum atomic E-state index is 11.8. The molecule has 1 amide bonds. The number of furan rings is 1. The summed E-state index contributed by atoms with van der Waals surface area (Å²) in [6, 6.07) is 9.70. The Morgan fingerprint density at radius 3 is 2.60 bits per heavy atom. The Labute approximate surface area is 117 Å². The van der Waals surface area contributed by atoms with Crippen molar-refractivity contribution in [2.45, 2.75) is 0 Å². The minimum atomic E-state index is -3.34. The molecular formula is C13H14N2O4S. The van der Waals surface area contributed by atoms with Gasteiger partial charge < -0.3 is 9.73 Å². The zero-order valence-electron chi connectivity index (χ0n) is 11.0. The van der Waals surface area contributed by atoms with Gasteiger partial charge >= 0.3 is 0 Å². The first-order valence-corrected chi connectivity index (χ1v) is 7.61. The number of amides is 1. The molecule has 0 fully saturated rings. The van der Waals surface area contributed by atoms with Crippen molar-refractivity contribution < 1.29 is 17.6 Å². The SMILES string of the molecule is CN(c1cccc(NC(=O)c2ccco2)c1)S(C)(=O)=O. The number of hydrogen-bond acceptors (Lipinski definition) is 4. The zero-order chi connectivity index (χ0) is 14.8. The summed E-state index contributed by atoms with van der Waals surface area (Å²) in [4.78, 5) is 11.8. The second-order valence-electron chi connectivity index (χ2n) is 4.21. The number of carbonyl (C=O) groups excluding carboxylic acids is 1. The van der Waals surface area contributed by atoms with Crippen molar-refractivity contribution in [2.75, 3.05) is 22.9 Å². The maximum absolute atomic E-state index is 11.8. The molecular weight excluding hydrogens is 280 g/mol. The van der Waals surface area contributed by atoms with E-state index in [9.17, 15) is 13.2 Å². The maximum Gasteiger partial charge on any atom is 0.291 e. The van der Waals surface area contributed by atoms with Crippen LogP contribution in [0.5, 0.6) is 0 Å². The zero-order valence-corrected chi connectivity index (χ0v) is 11.8. The van der Waals surface area contributed by atoms with Crippen LogP contribution in [0.25, 0.3) is 0 Å². The molecule has 106 valence electrons. The van der Waals surface area contributed by atoms with Gasteiger partial charge in [0.2, 0.25) is 10.0 Å². The second kappa shape index (κ2) is 5.38. The van der Waals surface area contributed by atoms with Gasteiger partial charge in [-0.25, -0.2) is 8.42 Å². The van der Waals surface area contributed by atoms with E-state index in [0.29, 0.717) is 11.4 Å². The van der Waals surface area contributed by atoms with Gasteiger partial charge in [0, 0.05) is 12.7 Å². The van der Waals surface area contributed by atoms with Gasteiger partial charge in [0.1, 0.15) is 0 Å². The van der Waals surface area contributed by atoms with Gasteiger partial charge in [-0.3, -0.25) is 9.10 Å². The summed E-state index contributed by atoms with van der Waals surface area (Å²) in [5.41, 5.74) is 0.948. The summed E-state index contributed by atoms with van der Waals surface area (Å²) < 4.78 is 29.1. The lowest BCUT2D eigenvalue weighted by molar-refractivity contribution is 0.0996. The number of sulfonamides is 1. The number of nitrogens with zero attached hydrogens (tertiary/aromatic N) is 1. The third kappa shape index (κ3) is 3.18. The normalized spacial score (nSPS) is 11.1. The molecule has 0 spiro atoms. The van der Waals surface area contributed by atoms with E-state index in [1.807, 2.05) is 0 Å². The number of carbonyl (C=O) groups is 1. The largest absolute Gasteiger partial charge is 0.459 e. The Hall–Kier alpha value is -2.28. The molecule has 0 aliphatic heterocycles. The van der Waals surface area contributed by atoms with Crippen LogP contribution in [-0.4, -0.2) is 27.6 Å². The molecule has 20 heavy (non-hydrogen) atoms. The lowest BCUT2D eigenvalue weighted by atomic mass is 10.2. The number of rotatable bonds is 4. The van der Waals surface area contributed by atoms with Crippen LogP contribution in [0.15, 0.2) is 47.1 Å². The molecule has 1 heterocycles. The Morgan fingerprint density at radius 1 is 1.25 bits per heavy atom. The molecule has 2 rings (SSSR count). The standard InChI is InChI=1S/C13H14N2O4S/c1-15(20(2,17)18)11-6-3-5-10(9-11)14-13(16)12-7-4-8-19-12/h3-9H,1-2H3,(H,14,16). The number of benzene rings is 1. The van der Waals surface area contributed by atoms with E-state index < -0.39 is 15.9 Å². The third-order valence-corrected chi connectivity index (χ3v) is 3.92. The molecule has 6 nitrogen and oxygen atoms in total. The van der Waals surface area contributed by atoms with E-state index in [2.05, 4.69) is 5.32 Å². The Kier molecular flexibility index (Phi) is 3.80. The highest BCUT2D eigenvalue weighted by Crippen LogP contribution is 2.20. The first-order valence-electron chi connectivity index (χ1n) is 5.77. The third-order valence-electron chi connectivity index (χ3n) is 2.71. The fourth-order valence-electron chi connectivity index (χ4n) is 1.57. The fraction of sp³-hybridized carbons (Fsp3) is 0.154. The highest BCUT2D eigenvalue weighted by molar-refractivity contribution is 7.92. The Morgan fingerprint density at radius 2 is 2.00 bits per heavy atom. The van der Waals surface area contributed by atoms with Gasteiger partial charge in [-0.05, 0) is 30.3 Å². The summed E-state index contributed by atoms with van der Waals surface area (Å²) in [5, 5.41) is 2.64. The van der Waals surface area contributed by atoms with E-state index in [0.717, 1.165) is 10.6 Å². The van der Waals surface area contributed by atoms with Crippen LogP contribution in [0.2, 0.25) is 0 Å². The average molecular weight is 294 g/mol. The Balaban J connectivity index is 2.21.